The number of halogens is 5. The minimum absolute atomic E-state index is 0.0106. The van der Waals surface area contributed by atoms with Crippen LogP contribution in [-0.4, -0.2) is 35.8 Å². The van der Waals surface area contributed by atoms with Crippen LogP contribution in [0.5, 0.6) is 0 Å². The van der Waals surface area contributed by atoms with Crippen LogP contribution in [0, 0.1) is 11.6 Å². The van der Waals surface area contributed by atoms with Crippen LogP contribution in [0.3, 0.4) is 0 Å². The molecule has 0 saturated carbocycles. The fourth-order valence-electron chi connectivity index (χ4n) is 3.66. The predicted molar refractivity (Wildman–Crippen MR) is 119 cm³/mol. The van der Waals surface area contributed by atoms with E-state index in [0.717, 1.165) is 24.7 Å². The summed E-state index contributed by atoms with van der Waals surface area (Å²) in [4.78, 5) is 36.1. The van der Waals surface area contributed by atoms with E-state index < -0.39 is 46.2 Å². The predicted octanol–water partition coefficient (Wildman–Crippen LogP) is 3.51. The highest BCUT2D eigenvalue weighted by Gasteiger charge is 2.37. The Morgan fingerprint density at radius 2 is 1.81 bits per heavy atom. The third-order valence-electron chi connectivity index (χ3n) is 5.35. The zero-order valence-corrected chi connectivity index (χ0v) is 18.6. The Hall–Kier alpha value is -4.23. The van der Waals surface area contributed by atoms with Crippen molar-refractivity contribution in [1.29, 1.82) is 0 Å². The van der Waals surface area contributed by atoms with Crippen LogP contribution in [0.25, 0.3) is 22.3 Å². The van der Waals surface area contributed by atoms with Crippen molar-refractivity contribution in [2.24, 2.45) is 0 Å². The number of H-pyrrole nitrogens is 1. The summed E-state index contributed by atoms with van der Waals surface area (Å²) in [7, 11) is 0. The zero-order valence-electron chi connectivity index (χ0n) is 18.6. The molecule has 0 spiro atoms. The second-order valence-corrected chi connectivity index (χ2v) is 7.99. The third kappa shape index (κ3) is 5.21. The van der Waals surface area contributed by atoms with E-state index in [1.54, 1.807) is 12.0 Å². The molecule has 36 heavy (non-hydrogen) atoms. The van der Waals surface area contributed by atoms with Crippen molar-refractivity contribution in [3.63, 3.8) is 0 Å². The van der Waals surface area contributed by atoms with E-state index >= 15 is 0 Å². The minimum Gasteiger partial charge on any atom is -0.381 e. The van der Waals surface area contributed by atoms with Crippen molar-refractivity contribution in [2.45, 2.75) is 38.5 Å². The van der Waals surface area contributed by atoms with E-state index in [0.29, 0.717) is 12.8 Å². The van der Waals surface area contributed by atoms with Crippen LogP contribution in [0.15, 0.2) is 46.6 Å². The van der Waals surface area contributed by atoms with Crippen LogP contribution < -0.4 is 16.4 Å². The molecule has 0 bridgehead atoms. The van der Waals surface area contributed by atoms with E-state index in [1.165, 1.54) is 17.0 Å². The molecule has 0 aliphatic heterocycles. The first kappa shape index (κ1) is 24.9. The lowest BCUT2D eigenvalue weighted by Crippen LogP contribution is -2.27. The second-order valence-electron chi connectivity index (χ2n) is 7.99. The molecule has 0 amide bonds. The average molecular weight is 507 g/mol. The summed E-state index contributed by atoms with van der Waals surface area (Å²) in [5.41, 5.74) is -3.53. The molecule has 1 unspecified atom stereocenters. The molecule has 4 aromatic rings. The number of aromatic nitrogens is 6. The molecule has 0 aliphatic carbocycles. The van der Waals surface area contributed by atoms with Gasteiger partial charge in [-0.25, -0.2) is 28.8 Å². The van der Waals surface area contributed by atoms with E-state index in [2.05, 4.69) is 25.4 Å². The van der Waals surface area contributed by atoms with E-state index in [4.69, 9.17) is 0 Å². The number of aryl methyl sites for hydroxylation is 1. The Balaban J connectivity index is 1.47. The molecule has 1 aromatic carbocycles. The standard InChI is InChI=1S/C22H18F5N7O2/c1-11(32-17-9-31-33-20(35)18(17)22(25,26)27)3-2-4-34-10-30-16-6-13(15(24)5-14(16)21(34)36)19-28-7-12(23)8-29-19/h5-11H,2-4H2,1H3,(H2,32,33,35). The molecule has 188 valence electrons. The van der Waals surface area contributed by atoms with Gasteiger partial charge in [-0.2, -0.15) is 18.3 Å². The lowest BCUT2D eigenvalue weighted by Gasteiger charge is -2.18. The van der Waals surface area contributed by atoms with Gasteiger partial charge in [0.15, 0.2) is 11.6 Å². The van der Waals surface area contributed by atoms with Gasteiger partial charge in [0.25, 0.3) is 11.1 Å². The van der Waals surface area contributed by atoms with Crippen molar-refractivity contribution < 1.29 is 22.0 Å². The fourth-order valence-corrected chi connectivity index (χ4v) is 3.66. The fraction of sp³-hybridized carbons (Fsp3) is 0.273. The Bertz CT molecular complexity index is 1520. The van der Waals surface area contributed by atoms with Crippen molar-refractivity contribution in [1.82, 2.24) is 29.7 Å². The number of nitrogens with zero attached hydrogens (tertiary/aromatic N) is 5. The Kier molecular flexibility index (Phi) is 6.77. The summed E-state index contributed by atoms with van der Waals surface area (Å²) < 4.78 is 68.5. The molecule has 1 atom stereocenters. The van der Waals surface area contributed by atoms with Crippen molar-refractivity contribution in [3.05, 3.63) is 75.0 Å². The summed E-state index contributed by atoms with van der Waals surface area (Å²) >= 11 is 0. The maximum atomic E-state index is 14.7. The number of hydrogen-bond acceptors (Lipinski definition) is 7. The molecule has 9 nitrogen and oxygen atoms in total. The number of nitrogens with one attached hydrogen (secondary N) is 2. The molecule has 3 aromatic heterocycles. The minimum atomic E-state index is -4.86. The monoisotopic (exact) mass is 507 g/mol. The van der Waals surface area contributed by atoms with Gasteiger partial charge in [-0.15, -0.1) is 0 Å². The first-order chi connectivity index (χ1) is 17.0. The number of aromatic amines is 1. The first-order valence-electron chi connectivity index (χ1n) is 10.6. The molecule has 0 fully saturated rings. The van der Waals surface area contributed by atoms with E-state index in [-0.39, 0.29) is 28.8 Å². The van der Waals surface area contributed by atoms with Gasteiger partial charge in [-0.05, 0) is 31.9 Å². The molecule has 0 saturated heterocycles. The number of fused-ring (bicyclic) bond motifs is 1. The van der Waals surface area contributed by atoms with Gasteiger partial charge in [-0.3, -0.25) is 14.2 Å². The number of rotatable bonds is 7. The number of alkyl halides is 3. The number of benzene rings is 1. The van der Waals surface area contributed by atoms with Gasteiger partial charge in [-0.1, -0.05) is 0 Å². The molecule has 14 heteroatoms. The third-order valence-corrected chi connectivity index (χ3v) is 5.35. The van der Waals surface area contributed by atoms with Crippen LogP contribution in [-0.2, 0) is 12.7 Å². The zero-order chi connectivity index (χ0) is 26.0. The molecule has 0 aliphatic rings. The molecule has 2 N–H and O–H groups in total. The van der Waals surface area contributed by atoms with Gasteiger partial charge in [0.2, 0.25) is 0 Å². The summed E-state index contributed by atoms with van der Waals surface area (Å²) in [6.07, 6.45) is -0.211. The van der Waals surface area contributed by atoms with Gasteiger partial charge in [0, 0.05) is 12.6 Å². The summed E-state index contributed by atoms with van der Waals surface area (Å²) in [6.45, 7) is 1.79. The van der Waals surface area contributed by atoms with Crippen molar-refractivity contribution >= 4 is 16.6 Å². The molecule has 0 radical (unpaired) electrons. The van der Waals surface area contributed by atoms with E-state index in [1.807, 2.05) is 0 Å². The maximum absolute atomic E-state index is 14.7. The quantitative estimate of drug-likeness (QED) is 0.368. The van der Waals surface area contributed by atoms with Gasteiger partial charge >= 0.3 is 6.18 Å². The molecule has 3 heterocycles. The van der Waals surface area contributed by atoms with Gasteiger partial charge in [0.05, 0.1) is 47.1 Å². The summed E-state index contributed by atoms with van der Waals surface area (Å²) in [5.74, 6) is -1.52. The number of anilines is 1. The Morgan fingerprint density at radius 3 is 2.50 bits per heavy atom. The smallest absolute Gasteiger partial charge is 0.381 e. The first-order valence-corrected chi connectivity index (χ1v) is 10.6. The van der Waals surface area contributed by atoms with Crippen LogP contribution in [0.4, 0.5) is 27.6 Å². The maximum Gasteiger partial charge on any atom is 0.423 e. The van der Waals surface area contributed by atoms with Gasteiger partial charge in [0.1, 0.15) is 11.4 Å². The van der Waals surface area contributed by atoms with Crippen LogP contribution in [0.2, 0.25) is 0 Å². The summed E-state index contributed by atoms with van der Waals surface area (Å²) in [5, 5.41) is 7.81. The normalized spacial score (nSPS) is 12.6. The van der Waals surface area contributed by atoms with Crippen molar-refractivity contribution in [3.8, 4) is 11.4 Å². The SMILES string of the molecule is CC(CCCn1cnc2cc(-c3ncc(F)cn3)c(F)cc2c1=O)Nc1cn[nH]c(=O)c1C(F)(F)F. The van der Waals surface area contributed by atoms with Crippen LogP contribution >= 0.6 is 0 Å². The van der Waals surface area contributed by atoms with Crippen LogP contribution in [0.1, 0.15) is 25.3 Å². The highest BCUT2D eigenvalue weighted by molar-refractivity contribution is 5.82. The lowest BCUT2D eigenvalue weighted by molar-refractivity contribution is -0.138. The average Bonchev–Trinajstić information content (AvgIpc) is 2.80. The van der Waals surface area contributed by atoms with Gasteiger partial charge < -0.3 is 5.32 Å². The Morgan fingerprint density at radius 1 is 1.08 bits per heavy atom. The molecule has 4 rings (SSSR count). The molecular weight excluding hydrogens is 489 g/mol. The largest absolute Gasteiger partial charge is 0.423 e. The summed E-state index contributed by atoms with van der Waals surface area (Å²) in [6, 6.07) is 1.81. The molecular formula is C22H18F5N7O2. The second kappa shape index (κ2) is 9.79. The highest BCUT2D eigenvalue weighted by Crippen LogP contribution is 2.31. The lowest BCUT2D eigenvalue weighted by atomic mass is 10.1. The van der Waals surface area contributed by atoms with Crippen molar-refractivity contribution in [2.75, 3.05) is 5.32 Å². The number of hydrogen-bond donors (Lipinski definition) is 2. The topological polar surface area (TPSA) is 118 Å². The van der Waals surface area contributed by atoms with E-state index in [9.17, 15) is 31.5 Å². The Labute approximate surface area is 199 Å². The highest BCUT2D eigenvalue weighted by atomic mass is 19.4.